The molecule has 4 nitrogen and oxygen atoms in total. The van der Waals surface area contributed by atoms with Gasteiger partial charge in [-0.3, -0.25) is 4.79 Å². The minimum atomic E-state index is -0.655. The molecular formula is C12H12FNO3. The molecule has 1 amide bonds. The Morgan fingerprint density at radius 2 is 2.24 bits per heavy atom. The molecule has 0 saturated carbocycles. The van der Waals surface area contributed by atoms with E-state index in [1.54, 1.807) is 6.07 Å². The van der Waals surface area contributed by atoms with Crippen LogP contribution in [0.5, 0.6) is 0 Å². The largest absolute Gasteiger partial charge is 0.452 e. The fourth-order valence-electron chi connectivity index (χ4n) is 1.03. The highest BCUT2D eigenvalue weighted by molar-refractivity contribution is 5.89. The summed E-state index contributed by atoms with van der Waals surface area (Å²) < 4.78 is 17.4. The lowest BCUT2D eigenvalue weighted by Gasteiger charge is -1.99. The number of benzene rings is 1. The summed E-state index contributed by atoms with van der Waals surface area (Å²) in [6.07, 6.45) is 2.55. The number of amides is 1. The third kappa shape index (κ3) is 4.92. The number of carbonyl (C=O) groups is 2. The van der Waals surface area contributed by atoms with Gasteiger partial charge < -0.3 is 10.1 Å². The molecule has 1 N–H and O–H groups in total. The van der Waals surface area contributed by atoms with Gasteiger partial charge in [-0.05, 0) is 23.8 Å². The van der Waals surface area contributed by atoms with Crippen molar-refractivity contribution >= 4 is 18.0 Å². The van der Waals surface area contributed by atoms with E-state index < -0.39 is 11.9 Å². The average Bonchev–Trinajstić information content (AvgIpc) is 2.33. The van der Waals surface area contributed by atoms with Gasteiger partial charge in [0.1, 0.15) is 5.82 Å². The third-order valence-electron chi connectivity index (χ3n) is 1.88. The van der Waals surface area contributed by atoms with Crippen molar-refractivity contribution < 1.29 is 18.7 Å². The molecule has 0 atom stereocenters. The van der Waals surface area contributed by atoms with E-state index in [4.69, 9.17) is 0 Å². The van der Waals surface area contributed by atoms with Crippen LogP contribution in [0.2, 0.25) is 0 Å². The summed E-state index contributed by atoms with van der Waals surface area (Å²) in [6, 6.07) is 5.76. The fourth-order valence-corrected chi connectivity index (χ4v) is 1.03. The maximum Gasteiger partial charge on any atom is 0.331 e. The number of nitrogens with one attached hydrogen (secondary N) is 1. The van der Waals surface area contributed by atoms with E-state index >= 15 is 0 Å². The average molecular weight is 237 g/mol. The zero-order chi connectivity index (χ0) is 12.7. The number of halogens is 1. The first-order valence-electron chi connectivity index (χ1n) is 4.93. The van der Waals surface area contributed by atoms with Gasteiger partial charge in [-0.2, -0.15) is 0 Å². The lowest BCUT2D eigenvalue weighted by molar-refractivity contribution is -0.143. The molecule has 1 aromatic carbocycles. The summed E-state index contributed by atoms with van der Waals surface area (Å²) in [5.41, 5.74) is 0.543. The molecule has 0 aromatic heterocycles. The zero-order valence-corrected chi connectivity index (χ0v) is 9.27. The Hall–Kier alpha value is -2.17. The highest BCUT2D eigenvalue weighted by Crippen LogP contribution is 2.05. The third-order valence-corrected chi connectivity index (χ3v) is 1.88. The van der Waals surface area contributed by atoms with Crippen LogP contribution in [0, 0.1) is 5.82 Å². The number of likely N-dealkylation sites (N-methyl/N-ethyl adjacent to an activating group) is 1. The second-order valence-electron chi connectivity index (χ2n) is 3.17. The first kappa shape index (κ1) is 12.9. The SMILES string of the molecule is CNC(=O)COC(=O)C=Cc1cccc(F)c1. The molecule has 17 heavy (non-hydrogen) atoms. The molecule has 0 unspecified atom stereocenters. The van der Waals surface area contributed by atoms with Crippen molar-refractivity contribution in [2.75, 3.05) is 13.7 Å². The number of carbonyl (C=O) groups excluding carboxylic acids is 2. The van der Waals surface area contributed by atoms with Crippen LogP contribution in [-0.4, -0.2) is 25.5 Å². The molecule has 0 radical (unpaired) electrons. The van der Waals surface area contributed by atoms with Crippen LogP contribution in [0.1, 0.15) is 5.56 Å². The summed E-state index contributed by atoms with van der Waals surface area (Å²) in [5.74, 6) is -1.43. The Balaban J connectivity index is 2.48. The van der Waals surface area contributed by atoms with Gasteiger partial charge in [0.25, 0.3) is 5.91 Å². The molecule has 0 aliphatic carbocycles. The van der Waals surface area contributed by atoms with E-state index in [0.717, 1.165) is 6.08 Å². The van der Waals surface area contributed by atoms with Crippen LogP contribution in [-0.2, 0) is 14.3 Å². The van der Waals surface area contributed by atoms with Gasteiger partial charge in [-0.1, -0.05) is 12.1 Å². The van der Waals surface area contributed by atoms with E-state index in [-0.39, 0.29) is 12.4 Å². The van der Waals surface area contributed by atoms with Crippen LogP contribution >= 0.6 is 0 Å². The van der Waals surface area contributed by atoms with Crippen molar-refractivity contribution in [3.63, 3.8) is 0 Å². The minimum absolute atomic E-state index is 0.331. The molecule has 1 rings (SSSR count). The molecule has 0 aliphatic heterocycles. The highest BCUT2D eigenvalue weighted by Gasteiger charge is 2.01. The predicted octanol–water partition coefficient (Wildman–Crippen LogP) is 1.13. The molecule has 0 aliphatic rings. The van der Waals surface area contributed by atoms with Crippen LogP contribution < -0.4 is 5.32 Å². The fraction of sp³-hybridized carbons (Fsp3) is 0.167. The van der Waals surface area contributed by atoms with Crippen molar-refractivity contribution in [1.29, 1.82) is 0 Å². The second kappa shape index (κ2) is 6.42. The van der Waals surface area contributed by atoms with Crippen molar-refractivity contribution in [2.45, 2.75) is 0 Å². The summed E-state index contributed by atoms with van der Waals surface area (Å²) in [5, 5.41) is 2.31. The number of esters is 1. The molecule has 90 valence electrons. The number of hydrogen-bond donors (Lipinski definition) is 1. The van der Waals surface area contributed by atoms with Crippen molar-refractivity contribution in [3.8, 4) is 0 Å². The molecule has 0 heterocycles. The van der Waals surface area contributed by atoms with Crippen LogP contribution in [0.4, 0.5) is 4.39 Å². The normalized spacial score (nSPS) is 10.2. The lowest BCUT2D eigenvalue weighted by atomic mass is 10.2. The Bertz CT molecular complexity index is 443. The maximum absolute atomic E-state index is 12.8. The minimum Gasteiger partial charge on any atom is -0.452 e. The van der Waals surface area contributed by atoms with Crippen LogP contribution in [0.25, 0.3) is 6.08 Å². The Morgan fingerprint density at radius 1 is 1.47 bits per heavy atom. The monoisotopic (exact) mass is 237 g/mol. The molecule has 0 bridgehead atoms. The van der Waals surface area contributed by atoms with Crippen molar-refractivity contribution in [1.82, 2.24) is 5.32 Å². The lowest BCUT2D eigenvalue weighted by Crippen LogP contribution is -2.24. The van der Waals surface area contributed by atoms with E-state index in [0.29, 0.717) is 5.56 Å². The topological polar surface area (TPSA) is 55.4 Å². The van der Waals surface area contributed by atoms with E-state index in [9.17, 15) is 14.0 Å². The quantitative estimate of drug-likeness (QED) is 0.630. The number of hydrogen-bond acceptors (Lipinski definition) is 3. The summed E-state index contributed by atoms with van der Waals surface area (Å²) in [6.45, 7) is -0.331. The van der Waals surface area contributed by atoms with Gasteiger partial charge >= 0.3 is 5.97 Å². The predicted molar refractivity (Wildman–Crippen MR) is 60.5 cm³/mol. The second-order valence-corrected chi connectivity index (χ2v) is 3.17. The first-order chi connectivity index (χ1) is 8.11. The van der Waals surface area contributed by atoms with Crippen molar-refractivity contribution in [3.05, 3.63) is 41.7 Å². The van der Waals surface area contributed by atoms with E-state index in [1.807, 2.05) is 0 Å². The number of ether oxygens (including phenoxy) is 1. The Labute approximate surface area is 98.1 Å². The molecule has 0 fully saturated rings. The zero-order valence-electron chi connectivity index (χ0n) is 9.27. The molecule has 1 aromatic rings. The van der Waals surface area contributed by atoms with Gasteiger partial charge in [0, 0.05) is 13.1 Å². The van der Waals surface area contributed by atoms with Crippen molar-refractivity contribution in [2.24, 2.45) is 0 Å². The molecule has 5 heteroatoms. The number of rotatable bonds is 4. The summed E-state index contributed by atoms with van der Waals surface area (Å²) in [7, 11) is 1.44. The van der Waals surface area contributed by atoms with Gasteiger partial charge in [0.15, 0.2) is 6.61 Å². The van der Waals surface area contributed by atoms with Gasteiger partial charge in [0.05, 0.1) is 0 Å². The smallest absolute Gasteiger partial charge is 0.331 e. The Kier molecular flexibility index (Phi) is 4.87. The van der Waals surface area contributed by atoms with Gasteiger partial charge in [-0.25, -0.2) is 9.18 Å². The summed E-state index contributed by atoms with van der Waals surface area (Å²) in [4.78, 5) is 21.9. The molecule has 0 spiro atoms. The van der Waals surface area contributed by atoms with E-state index in [2.05, 4.69) is 10.1 Å². The standard InChI is InChI=1S/C12H12FNO3/c1-14-11(15)8-17-12(16)6-5-9-3-2-4-10(13)7-9/h2-7H,8H2,1H3,(H,14,15). The highest BCUT2D eigenvalue weighted by atomic mass is 19.1. The Morgan fingerprint density at radius 3 is 2.88 bits per heavy atom. The molecule has 0 saturated heterocycles. The van der Waals surface area contributed by atoms with Crippen LogP contribution in [0.3, 0.4) is 0 Å². The summed E-state index contributed by atoms with van der Waals surface area (Å²) >= 11 is 0. The van der Waals surface area contributed by atoms with Gasteiger partial charge in [-0.15, -0.1) is 0 Å². The first-order valence-corrected chi connectivity index (χ1v) is 4.93. The molecular weight excluding hydrogens is 225 g/mol. The van der Waals surface area contributed by atoms with E-state index in [1.165, 1.54) is 31.3 Å². The maximum atomic E-state index is 12.8. The van der Waals surface area contributed by atoms with Crippen LogP contribution in [0.15, 0.2) is 30.3 Å². The van der Waals surface area contributed by atoms with Gasteiger partial charge in [0.2, 0.25) is 0 Å².